The summed E-state index contributed by atoms with van der Waals surface area (Å²) in [6.45, 7) is 6.09. The van der Waals surface area contributed by atoms with Gasteiger partial charge in [0.1, 0.15) is 5.69 Å². The second-order valence-corrected chi connectivity index (χ2v) is 6.57. The molecule has 4 rings (SSSR count). The highest BCUT2D eigenvalue weighted by molar-refractivity contribution is 6.05. The number of benzene rings is 1. The van der Waals surface area contributed by atoms with Crippen LogP contribution in [0.4, 0.5) is 17.1 Å². The number of nitrogens with one attached hydrogen (secondary N) is 1. The predicted octanol–water partition coefficient (Wildman–Crippen LogP) is 2.01. The molecule has 0 atom stereocenters. The normalized spacial score (nSPS) is 17.6. The van der Waals surface area contributed by atoms with Crippen LogP contribution in [0.15, 0.2) is 42.6 Å². The summed E-state index contributed by atoms with van der Waals surface area (Å²) in [5, 5.41) is 3.03. The van der Waals surface area contributed by atoms with Gasteiger partial charge in [-0.05, 0) is 24.3 Å². The Balaban J connectivity index is 1.51. The van der Waals surface area contributed by atoms with E-state index in [0.29, 0.717) is 32.1 Å². The number of hydrogen-bond donors (Lipinski definition) is 1. The number of hydrogen-bond acceptors (Lipinski definition) is 6. The van der Waals surface area contributed by atoms with Gasteiger partial charge in [-0.1, -0.05) is 12.1 Å². The Hall–Kier alpha value is -2.64. The van der Waals surface area contributed by atoms with Crippen molar-refractivity contribution in [3.05, 3.63) is 48.3 Å². The number of anilines is 3. The lowest BCUT2D eigenvalue weighted by Crippen LogP contribution is -2.37. The number of ether oxygens (including phenoxy) is 2. The molecule has 2 aliphatic heterocycles. The number of para-hydroxylation sites is 2. The van der Waals surface area contributed by atoms with Crippen molar-refractivity contribution in [1.82, 2.24) is 4.98 Å². The van der Waals surface area contributed by atoms with Gasteiger partial charge in [0.2, 0.25) is 0 Å². The van der Waals surface area contributed by atoms with Crippen LogP contribution >= 0.6 is 0 Å². The Morgan fingerprint density at radius 3 is 2.33 bits per heavy atom. The summed E-state index contributed by atoms with van der Waals surface area (Å²) in [4.78, 5) is 21.5. The van der Waals surface area contributed by atoms with Crippen LogP contribution in [-0.2, 0) is 9.47 Å². The number of carbonyl (C=O) groups excluding carboxylic acids is 1. The molecule has 27 heavy (non-hydrogen) atoms. The first-order chi connectivity index (χ1) is 13.3. The minimum Gasteiger partial charge on any atom is -0.378 e. The molecule has 142 valence electrons. The van der Waals surface area contributed by atoms with E-state index in [-0.39, 0.29) is 5.91 Å². The zero-order valence-electron chi connectivity index (χ0n) is 15.3. The maximum absolute atomic E-state index is 12.8. The van der Waals surface area contributed by atoms with Crippen LogP contribution in [0.2, 0.25) is 0 Å². The maximum atomic E-state index is 12.8. The molecule has 7 heteroatoms. The highest BCUT2D eigenvalue weighted by atomic mass is 16.5. The molecule has 2 saturated heterocycles. The van der Waals surface area contributed by atoms with Crippen molar-refractivity contribution >= 4 is 23.0 Å². The molecule has 1 N–H and O–H groups in total. The molecular weight excluding hydrogens is 344 g/mol. The largest absolute Gasteiger partial charge is 0.378 e. The van der Waals surface area contributed by atoms with Gasteiger partial charge in [0, 0.05) is 38.1 Å². The highest BCUT2D eigenvalue weighted by Gasteiger charge is 2.18. The summed E-state index contributed by atoms with van der Waals surface area (Å²) < 4.78 is 10.8. The Morgan fingerprint density at radius 2 is 1.59 bits per heavy atom. The number of carbonyl (C=O) groups is 1. The number of aromatic nitrogens is 1. The van der Waals surface area contributed by atoms with E-state index in [1.54, 1.807) is 6.20 Å². The highest BCUT2D eigenvalue weighted by Crippen LogP contribution is 2.27. The zero-order valence-corrected chi connectivity index (χ0v) is 15.3. The van der Waals surface area contributed by atoms with Crippen LogP contribution < -0.4 is 15.1 Å². The first kappa shape index (κ1) is 17.8. The molecule has 2 aromatic rings. The van der Waals surface area contributed by atoms with Gasteiger partial charge < -0.3 is 24.6 Å². The van der Waals surface area contributed by atoms with Crippen molar-refractivity contribution in [3.8, 4) is 0 Å². The van der Waals surface area contributed by atoms with Gasteiger partial charge in [0.05, 0.1) is 37.8 Å². The molecule has 0 saturated carbocycles. The van der Waals surface area contributed by atoms with Gasteiger partial charge in [-0.3, -0.25) is 9.78 Å². The fourth-order valence-electron chi connectivity index (χ4n) is 3.41. The van der Waals surface area contributed by atoms with E-state index in [9.17, 15) is 4.79 Å². The summed E-state index contributed by atoms with van der Waals surface area (Å²) in [6, 6.07) is 11.6. The topological polar surface area (TPSA) is 66.9 Å². The zero-order chi connectivity index (χ0) is 18.5. The lowest BCUT2D eigenvalue weighted by molar-refractivity contribution is 0.102. The fraction of sp³-hybridized carbons (Fsp3) is 0.400. The molecule has 0 unspecified atom stereocenters. The van der Waals surface area contributed by atoms with Gasteiger partial charge in [-0.15, -0.1) is 0 Å². The SMILES string of the molecule is O=C(Nc1ccccc1N1CCOCC1)c1cc(N2CCOCC2)ccn1. The number of amides is 1. The van der Waals surface area contributed by atoms with Crippen LogP contribution in [-0.4, -0.2) is 63.5 Å². The van der Waals surface area contributed by atoms with Crippen molar-refractivity contribution in [3.63, 3.8) is 0 Å². The second-order valence-electron chi connectivity index (χ2n) is 6.57. The molecule has 0 spiro atoms. The third kappa shape index (κ3) is 4.20. The van der Waals surface area contributed by atoms with E-state index in [1.165, 1.54) is 0 Å². The van der Waals surface area contributed by atoms with Crippen LogP contribution in [0.5, 0.6) is 0 Å². The summed E-state index contributed by atoms with van der Waals surface area (Å²) >= 11 is 0. The molecule has 1 amide bonds. The van der Waals surface area contributed by atoms with E-state index in [0.717, 1.165) is 43.2 Å². The molecule has 7 nitrogen and oxygen atoms in total. The Morgan fingerprint density at radius 1 is 0.926 bits per heavy atom. The van der Waals surface area contributed by atoms with Crippen molar-refractivity contribution in [1.29, 1.82) is 0 Å². The number of rotatable bonds is 4. The Kier molecular flexibility index (Phi) is 5.50. The van der Waals surface area contributed by atoms with Gasteiger partial charge in [0.15, 0.2) is 0 Å². The Bertz CT molecular complexity index is 786. The Labute approximate surface area is 158 Å². The summed E-state index contributed by atoms with van der Waals surface area (Å²) in [5.74, 6) is -0.203. The van der Waals surface area contributed by atoms with Crippen LogP contribution in [0.25, 0.3) is 0 Å². The van der Waals surface area contributed by atoms with Crippen molar-refractivity contribution < 1.29 is 14.3 Å². The molecule has 0 bridgehead atoms. The molecule has 0 radical (unpaired) electrons. The van der Waals surface area contributed by atoms with E-state index in [2.05, 4.69) is 20.1 Å². The van der Waals surface area contributed by atoms with Crippen LogP contribution in [0, 0.1) is 0 Å². The third-order valence-corrected chi connectivity index (χ3v) is 4.86. The fourth-order valence-corrected chi connectivity index (χ4v) is 3.41. The second kappa shape index (κ2) is 8.37. The molecule has 3 heterocycles. The van der Waals surface area contributed by atoms with E-state index in [1.807, 2.05) is 36.4 Å². The minimum atomic E-state index is -0.203. The number of morpholine rings is 2. The summed E-state index contributed by atoms with van der Waals surface area (Å²) in [7, 11) is 0. The molecule has 1 aromatic heterocycles. The predicted molar refractivity (Wildman–Crippen MR) is 105 cm³/mol. The van der Waals surface area contributed by atoms with Crippen LogP contribution in [0.3, 0.4) is 0 Å². The molecular formula is C20H24N4O3. The minimum absolute atomic E-state index is 0.203. The smallest absolute Gasteiger partial charge is 0.274 e. The van der Waals surface area contributed by atoms with E-state index < -0.39 is 0 Å². The lowest BCUT2D eigenvalue weighted by atomic mass is 10.2. The third-order valence-electron chi connectivity index (χ3n) is 4.86. The van der Waals surface area contributed by atoms with E-state index in [4.69, 9.17) is 9.47 Å². The van der Waals surface area contributed by atoms with Crippen molar-refractivity contribution in [2.75, 3.05) is 67.7 Å². The first-order valence-electron chi connectivity index (χ1n) is 9.33. The quantitative estimate of drug-likeness (QED) is 0.891. The van der Waals surface area contributed by atoms with Crippen molar-refractivity contribution in [2.24, 2.45) is 0 Å². The van der Waals surface area contributed by atoms with E-state index >= 15 is 0 Å². The summed E-state index contributed by atoms with van der Waals surface area (Å²) in [6.07, 6.45) is 1.69. The molecule has 0 aliphatic carbocycles. The molecule has 2 fully saturated rings. The van der Waals surface area contributed by atoms with Crippen LogP contribution in [0.1, 0.15) is 10.5 Å². The average Bonchev–Trinajstić information content (AvgIpc) is 2.75. The monoisotopic (exact) mass is 368 g/mol. The van der Waals surface area contributed by atoms with Gasteiger partial charge in [-0.2, -0.15) is 0 Å². The maximum Gasteiger partial charge on any atom is 0.274 e. The first-order valence-corrected chi connectivity index (χ1v) is 9.33. The molecule has 2 aliphatic rings. The average molecular weight is 368 g/mol. The van der Waals surface area contributed by atoms with Crippen molar-refractivity contribution in [2.45, 2.75) is 0 Å². The van der Waals surface area contributed by atoms with Gasteiger partial charge >= 0.3 is 0 Å². The molecule has 1 aromatic carbocycles. The van der Waals surface area contributed by atoms with Gasteiger partial charge in [-0.25, -0.2) is 0 Å². The standard InChI is InChI=1S/C20H24N4O3/c25-20(18-15-16(5-6-21-18)23-7-11-26-12-8-23)22-17-3-1-2-4-19(17)24-9-13-27-14-10-24/h1-6,15H,7-14H2,(H,22,25). The van der Waals surface area contributed by atoms with Gasteiger partial charge in [0.25, 0.3) is 5.91 Å². The lowest BCUT2D eigenvalue weighted by Gasteiger charge is -2.30. The number of nitrogens with zero attached hydrogens (tertiary/aromatic N) is 3. The number of pyridine rings is 1. The summed E-state index contributed by atoms with van der Waals surface area (Å²) in [5.41, 5.74) is 3.22.